The number of nitrogens with one attached hydrogen (secondary N) is 1. The van der Waals surface area contributed by atoms with Gasteiger partial charge in [-0.3, -0.25) is 9.59 Å². The zero-order valence-corrected chi connectivity index (χ0v) is 18.1. The average Bonchev–Trinajstić information content (AvgIpc) is 3.45. The fourth-order valence-corrected chi connectivity index (χ4v) is 4.16. The molecule has 0 aliphatic heterocycles. The molecular formula is C23H17F3N4O2S. The van der Waals surface area contributed by atoms with Crippen molar-refractivity contribution in [3.05, 3.63) is 74.9 Å². The Kier molecular flexibility index (Phi) is 5.68. The van der Waals surface area contributed by atoms with Crippen molar-refractivity contribution in [2.75, 3.05) is 5.32 Å². The van der Waals surface area contributed by atoms with Gasteiger partial charge in [-0.2, -0.15) is 13.2 Å². The number of hydrogen-bond donors (Lipinski definition) is 2. The van der Waals surface area contributed by atoms with Gasteiger partial charge in [-0.1, -0.05) is 12.0 Å². The normalized spacial score (nSPS) is 14.2. The van der Waals surface area contributed by atoms with Crippen molar-refractivity contribution >= 4 is 29.0 Å². The van der Waals surface area contributed by atoms with Gasteiger partial charge in [-0.05, 0) is 55.5 Å². The number of amides is 2. The van der Waals surface area contributed by atoms with Crippen LogP contribution < -0.4 is 11.1 Å². The number of benzene rings is 1. The molecule has 3 N–H and O–H groups in total. The molecule has 1 fully saturated rings. The highest BCUT2D eigenvalue weighted by Crippen LogP contribution is 2.49. The Bertz CT molecular complexity index is 1320. The molecule has 0 unspecified atom stereocenters. The van der Waals surface area contributed by atoms with Crippen molar-refractivity contribution in [1.29, 1.82) is 0 Å². The Morgan fingerprint density at radius 2 is 1.91 bits per heavy atom. The van der Waals surface area contributed by atoms with Crippen LogP contribution in [0, 0.1) is 18.8 Å². The van der Waals surface area contributed by atoms with Crippen molar-refractivity contribution in [1.82, 2.24) is 9.97 Å². The molecular weight excluding hydrogens is 453 g/mol. The summed E-state index contributed by atoms with van der Waals surface area (Å²) in [5.74, 6) is 4.78. The minimum Gasteiger partial charge on any atom is -0.369 e. The number of carbonyl (C=O) groups excluding carboxylic acids is 2. The van der Waals surface area contributed by atoms with Crippen molar-refractivity contribution in [2.24, 2.45) is 5.73 Å². The summed E-state index contributed by atoms with van der Waals surface area (Å²) in [6.45, 7) is 1.82. The predicted octanol–water partition coefficient (Wildman–Crippen LogP) is 4.03. The summed E-state index contributed by atoms with van der Waals surface area (Å²) in [6, 6.07) is 6.40. The highest BCUT2D eigenvalue weighted by Gasteiger charge is 2.52. The van der Waals surface area contributed by atoms with E-state index in [1.807, 2.05) is 6.92 Å². The van der Waals surface area contributed by atoms with Gasteiger partial charge in [0.15, 0.2) is 0 Å². The lowest BCUT2D eigenvalue weighted by molar-refractivity contribution is -0.137. The molecule has 2 amide bonds. The Labute approximate surface area is 191 Å². The number of carbonyl (C=O) groups is 2. The molecule has 2 heterocycles. The third-order valence-electron chi connectivity index (χ3n) is 5.29. The van der Waals surface area contributed by atoms with Crippen LogP contribution in [0.1, 0.15) is 49.8 Å². The zero-order chi connectivity index (χ0) is 23.8. The van der Waals surface area contributed by atoms with Crippen LogP contribution in [0.2, 0.25) is 0 Å². The topological polar surface area (TPSA) is 98.0 Å². The Morgan fingerprint density at radius 1 is 1.15 bits per heavy atom. The number of pyridine rings is 1. The molecule has 2 aromatic heterocycles. The van der Waals surface area contributed by atoms with E-state index in [0.29, 0.717) is 28.3 Å². The fourth-order valence-electron chi connectivity index (χ4n) is 3.13. The summed E-state index contributed by atoms with van der Waals surface area (Å²) in [5, 5.41) is 3.03. The van der Waals surface area contributed by atoms with E-state index in [4.69, 9.17) is 5.73 Å². The third kappa shape index (κ3) is 4.73. The Hall–Kier alpha value is -3.71. The number of alkyl halides is 3. The first-order valence-electron chi connectivity index (χ1n) is 9.82. The van der Waals surface area contributed by atoms with Crippen LogP contribution in [0.15, 0.2) is 42.7 Å². The van der Waals surface area contributed by atoms with E-state index in [1.165, 1.54) is 11.3 Å². The second-order valence-electron chi connectivity index (χ2n) is 7.64. The number of halogens is 3. The minimum absolute atomic E-state index is 0.205. The van der Waals surface area contributed by atoms with E-state index < -0.39 is 23.1 Å². The van der Waals surface area contributed by atoms with Crippen molar-refractivity contribution in [3.63, 3.8) is 0 Å². The van der Waals surface area contributed by atoms with E-state index in [-0.39, 0.29) is 17.3 Å². The predicted molar refractivity (Wildman–Crippen MR) is 117 cm³/mol. The van der Waals surface area contributed by atoms with Crippen LogP contribution >= 0.6 is 11.3 Å². The van der Waals surface area contributed by atoms with Gasteiger partial charge in [-0.25, -0.2) is 9.97 Å². The number of anilines is 1. The number of rotatable bonds is 4. The van der Waals surface area contributed by atoms with Crippen molar-refractivity contribution in [3.8, 4) is 11.8 Å². The van der Waals surface area contributed by atoms with Crippen LogP contribution in [0.5, 0.6) is 0 Å². The molecule has 0 atom stereocenters. The van der Waals surface area contributed by atoms with E-state index in [2.05, 4.69) is 27.1 Å². The summed E-state index contributed by atoms with van der Waals surface area (Å²) >= 11 is 1.31. The number of aromatic nitrogens is 2. The molecule has 0 radical (unpaired) electrons. The molecule has 0 saturated heterocycles. The number of hydrogen-bond acceptors (Lipinski definition) is 5. The van der Waals surface area contributed by atoms with Crippen LogP contribution in [-0.2, 0) is 16.4 Å². The molecule has 33 heavy (non-hydrogen) atoms. The van der Waals surface area contributed by atoms with Gasteiger partial charge in [0, 0.05) is 17.3 Å². The molecule has 1 aliphatic rings. The summed E-state index contributed by atoms with van der Waals surface area (Å²) in [5.41, 5.74) is 5.52. The molecule has 4 rings (SSSR count). The van der Waals surface area contributed by atoms with E-state index in [1.54, 1.807) is 24.4 Å². The molecule has 3 aromatic rings. The fraction of sp³-hybridized carbons (Fsp3) is 0.217. The monoisotopic (exact) mass is 470 g/mol. The van der Waals surface area contributed by atoms with E-state index >= 15 is 0 Å². The first kappa shape index (κ1) is 22.5. The largest absolute Gasteiger partial charge is 0.416 e. The molecule has 10 heteroatoms. The molecule has 168 valence electrons. The first-order valence-corrected chi connectivity index (χ1v) is 10.6. The minimum atomic E-state index is -4.54. The maximum Gasteiger partial charge on any atom is 0.416 e. The van der Waals surface area contributed by atoms with Gasteiger partial charge in [0.05, 0.1) is 16.6 Å². The standard InChI is InChI=1S/C23H17F3N4O2S/c1-13-2-3-15(19(31)30-18-11-16(6-9-28-18)23(24,25)26)10-14(13)4-5-17-12-29-21(33-17)22(7-8-22)20(27)32/h2-3,6,9-12H,7-8H2,1H3,(H2,27,32)(H,28,30,31). The summed E-state index contributed by atoms with van der Waals surface area (Å²) in [6.07, 6.45) is -0.611. The maximum absolute atomic E-state index is 12.9. The quantitative estimate of drug-likeness (QED) is 0.563. The van der Waals surface area contributed by atoms with Crippen LogP contribution in [0.4, 0.5) is 19.0 Å². The molecule has 0 bridgehead atoms. The SMILES string of the molecule is Cc1ccc(C(=O)Nc2cc(C(F)(F)F)ccn2)cc1C#Cc1cnc(C2(C(N)=O)CC2)s1. The first-order chi connectivity index (χ1) is 15.6. The van der Waals surface area contributed by atoms with Gasteiger partial charge in [0.25, 0.3) is 5.91 Å². The molecule has 0 spiro atoms. The second kappa shape index (κ2) is 8.33. The lowest BCUT2D eigenvalue weighted by Gasteiger charge is -2.09. The van der Waals surface area contributed by atoms with Crippen molar-refractivity contribution < 1.29 is 22.8 Å². The van der Waals surface area contributed by atoms with Gasteiger partial charge < -0.3 is 11.1 Å². The molecule has 1 saturated carbocycles. The molecule has 1 aliphatic carbocycles. The molecule has 1 aromatic carbocycles. The third-order valence-corrected chi connectivity index (χ3v) is 6.40. The Morgan fingerprint density at radius 3 is 2.58 bits per heavy atom. The number of thiazole rings is 1. The van der Waals surface area contributed by atoms with Crippen LogP contribution in [0.3, 0.4) is 0 Å². The summed E-state index contributed by atoms with van der Waals surface area (Å²) < 4.78 is 38.6. The van der Waals surface area contributed by atoms with E-state index in [9.17, 15) is 22.8 Å². The lowest BCUT2D eigenvalue weighted by Crippen LogP contribution is -2.28. The maximum atomic E-state index is 12.9. The van der Waals surface area contributed by atoms with Gasteiger partial charge in [0.2, 0.25) is 5.91 Å². The number of nitrogens with zero attached hydrogens (tertiary/aromatic N) is 2. The Balaban J connectivity index is 1.53. The smallest absolute Gasteiger partial charge is 0.369 e. The summed E-state index contributed by atoms with van der Waals surface area (Å²) in [4.78, 5) is 33.0. The number of nitrogens with two attached hydrogens (primary N) is 1. The highest BCUT2D eigenvalue weighted by molar-refractivity contribution is 7.12. The lowest BCUT2D eigenvalue weighted by atomic mass is 10.0. The van der Waals surface area contributed by atoms with Gasteiger partial charge >= 0.3 is 6.18 Å². The number of primary amides is 1. The van der Waals surface area contributed by atoms with Gasteiger partial charge in [-0.15, -0.1) is 11.3 Å². The van der Waals surface area contributed by atoms with Gasteiger partial charge in [0.1, 0.15) is 16.2 Å². The van der Waals surface area contributed by atoms with Crippen LogP contribution in [0.25, 0.3) is 0 Å². The number of aryl methyl sites for hydroxylation is 1. The van der Waals surface area contributed by atoms with Crippen molar-refractivity contribution in [2.45, 2.75) is 31.4 Å². The molecule has 6 nitrogen and oxygen atoms in total. The van der Waals surface area contributed by atoms with E-state index in [0.717, 1.165) is 23.9 Å². The van der Waals surface area contributed by atoms with Crippen LogP contribution in [-0.4, -0.2) is 21.8 Å². The highest BCUT2D eigenvalue weighted by atomic mass is 32.1. The second-order valence-corrected chi connectivity index (χ2v) is 8.67. The summed E-state index contributed by atoms with van der Waals surface area (Å²) in [7, 11) is 0. The average molecular weight is 470 g/mol. The zero-order valence-electron chi connectivity index (χ0n) is 17.3.